The van der Waals surface area contributed by atoms with Crippen LogP contribution in [0.25, 0.3) is 11.1 Å². The molecule has 538 valence electrons. The molecule has 40 heteroatoms. The van der Waals surface area contributed by atoms with Gasteiger partial charge in [-0.1, -0.05) is 24.3 Å². The van der Waals surface area contributed by atoms with Crippen molar-refractivity contribution in [2.45, 2.75) is 225 Å². The molecule has 21 unspecified atom stereocenters. The Bertz CT molecular complexity index is 3060. The molecule has 19 N–H and O–H groups in total. The second-order valence-corrected chi connectivity index (χ2v) is 27.5. The first kappa shape index (κ1) is 73.2. The Balaban J connectivity index is 1.00. The van der Waals surface area contributed by atoms with E-state index in [1.165, 1.54) is 24.3 Å². The molecule has 38 nitrogen and oxygen atoms in total. The first-order chi connectivity index (χ1) is 45.1. The maximum Gasteiger partial charge on any atom is 0.297 e. The third-order valence-electron chi connectivity index (χ3n) is 18.4. The number of benzene rings is 2. The van der Waals surface area contributed by atoms with Crippen LogP contribution in [0, 0.1) is 5.92 Å². The predicted octanol–water partition coefficient (Wildman–Crippen LogP) is -11.8. The molecule has 95 heavy (non-hydrogen) atoms. The highest BCUT2D eigenvalue weighted by Crippen LogP contribution is 2.41. The number of ether oxygens (including phenoxy) is 13. The van der Waals surface area contributed by atoms with Gasteiger partial charge in [-0.3, -0.25) is 8.37 Å². The number of rotatable bonds is 5. The average molecular weight is 1410 g/mol. The van der Waals surface area contributed by atoms with E-state index in [-0.39, 0.29) is 0 Å². The largest absolute Gasteiger partial charge is 0.394 e. The summed E-state index contributed by atoms with van der Waals surface area (Å²) < 4.78 is 143. The normalized spacial score (nSPS) is 49.1. The van der Waals surface area contributed by atoms with Crippen molar-refractivity contribution in [3.05, 3.63) is 48.5 Å². The van der Waals surface area contributed by atoms with Gasteiger partial charge in [0, 0.05) is 5.92 Å². The molecule has 35 atom stereocenters. The minimum atomic E-state index is -4.94. The molecule has 0 amide bonds. The molecule has 2 aromatic rings. The summed E-state index contributed by atoms with van der Waals surface area (Å²) in [4.78, 5) is -1.02. The summed E-state index contributed by atoms with van der Waals surface area (Å²) in [6.07, 6.45) is -72.4. The van der Waals surface area contributed by atoms with Crippen LogP contribution in [0.15, 0.2) is 58.3 Å². The van der Waals surface area contributed by atoms with Gasteiger partial charge in [-0.2, -0.15) is 16.8 Å². The number of aliphatic hydroxyl groups excluding tert-OH is 19. The summed E-state index contributed by atoms with van der Waals surface area (Å²) in [7, 11) is -9.83. The van der Waals surface area contributed by atoms with Gasteiger partial charge in [0.05, 0.1) is 74.4 Å². The molecule has 0 aliphatic carbocycles. The SMILES string of the molecule is O=S1(=O)OCC2O[C@@H]3O[C@@H]4C(CO)O[C@H](O[C@@H]5C(CO)O[C@H](O[C@@H]6C(COS(=O)(=O)c7ccc(cc7)-c7ccc1cc7)O[C@H](O[C@@H]1C(CO)O[C@H](O[C@@H]7C(CO)O[C@H](O[C@@H]8C(CO)O[C@H](C[C@H]2C(O)C3O)C(O)C8O)C(O)C7O)C(O)C1O)C(O)C6O)C(O)C5O)C(O)C4O. The molecule has 30 aliphatic rings. The summed E-state index contributed by atoms with van der Waals surface area (Å²) in [5, 5.41) is 217. The molecule has 16 saturated heterocycles. The molecule has 30 aliphatic heterocycles. The van der Waals surface area contributed by atoms with Gasteiger partial charge in [0.25, 0.3) is 20.2 Å². The summed E-state index contributed by atoms with van der Waals surface area (Å²) in [5.41, 5.74) is 0.592. The molecule has 0 saturated carbocycles. The summed E-state index contributed by atoms with van der Waals surface area (Å²) >= 11 is 0. The van der Waals surface area contributed by atoms with Crippen molar-refractivity contribution in [2.75, 3.05) is 46.2 Å². The van der Waals surface area contributed by atoms with Crippen LogP contribution in [0.5, 0.6) is 0 Å². The van der Waals surface area contributed by atoms with Gasteiger partial charge in [0.15, 0.2) is 37.7 Å². The van der Waals surface area contributed by atoms with E-state index in [0.29, 0.717) is 11.1 Å². The highest BCUT2D eigenvalue weighted by molar-refractivity contribution is 7.87. The fraction of sp³-hybridized carbons (Fsp3) is 0.782. The summed E-state index contributed by atoms with van der Waals surface area (Å²) in [6.45, 7) is -7.86. The van der Waals surface area contributed by atoms with E-state index in [1.807, 2.05) is 0 Å². The van der Waals surface area contributed by atoms with Crippen molar-refractivity contribution in [3.8, 4) is 11.1 Å². The minimum absolute atomic E-state index is 0.295. The number of aliphatic hydroxyl groups is 19. The highest BCUT2D eigenvalue weighted by Gasteiger charge is 2.60. The van der Waals surface area contributed by atoms with Crippen LogP contribution in [0.4, 0.5) is 0 Å². The Hall–Kier alpha value is -3.02. The second kappa shape index (κ2) is 29.9. The highest BCUT2D eigenvalue weighted by atomic mass is 32.2. The van der Waals surface area contributed by atoms with Gasteiger partial charge in [-0.15, -0.1) is 0 Å². The lowest BCUT2D eigenvalue weighted by Crippen LogP contribution is -2.68. The van der Waals surface area contributed by atoms with Crippen molar-refractivity contribution >= 4 is 20.2 Å². The maximum absolute atomic E-state index is 14.1. The van der Waals surface area contributed by atoms with Crippen LogP contribution >= 0.6 is 0 Å². The third-order valence-corrected chi connectivity index (χ3v) is 21.0. The van der Waals surface area contributed by atoms with Crippen molar-refractivity contribution in [1.29, 1.82) is 0 Å². The fourth-order valence-corrected chi connectivity index (χ4v) is 14.8. The Kier molecular flexibility index (Phi) is 23.0. The van der Waals surface area contributed by atoms with Crippen LogP contribution in [0.3, 0.4) is 0 Å². The lowest BCUT2D eigenvalue weighted by molar-refractivity contribution is -0.396. The van der Waals surface area contributed by atoms with E-state index in [0.717, 1.165) is 24.3 Å². The molecule has 0 radical (unpaired) electrons. The minimum Gasteiger partial charge on any atom is -0.394 e. The number of hydrogen-bond donors (Lipinski definition) is 19. The van der Waals surface area contributed by atoms with Crippen LogP contribution in [0.1, 0.15) is 6.42 Å². The Morgan fingerprint density at radius 3 is 0.884 bits per heavy atom. The summed E-state index contributed by atoms with van der Waals surface area (Å²) in [6, 6.07) is 9.57. The van der Waals surface area contributed by atoms with Crippen molar-refractivity contribution in [3.63, 3.8) is 0 Å². The average Bonchev–Trinajstić information content (AvgIpc) is 0.806. The first-order valence-electron chi connectivity index (χ1n) is 30.2. The van der Waals surface area contributed by atoms with Crippen molar-refractivity contribution in [1.82, 2.24) is 0 Å². The Labute approximate surface area is 539 Å². The molecule has 0 aromatic heterocycles. The molecule has 2 aromatic carbocycles. The predicted molar refractivity (Wildman–Crippen MR) is 296 cm³/mol. The monoisotopic (exact) mass is 1410 g/mol. The van der Waals surface area contributed by atoms with E-state index in [1.54, 1.807) is 0 Å². The Morgan fingerprint density at radius 2 is 0.547 bits per heavy atom. The zero-order chi connectivity index (χ0) is 68.4. The molecule has 32 rings (SSSR count). The number of hydrogen-bond acceptors (Lipinski definition) is 38. The van der Waals surface area contributed by atoms with E-state index in [9.17, 15) is 114 Å². The van der Waals surface area contributed by atoms with Gasteiger partial charge >= 0.3 is 0 Å². The third kappa shape index (κ3) is 14.5. The molecular formula is C55H78O38S2. The lowest BCUT2D eigenvalue weighted by Gasteiger charge is -2.50. The zero-order valence-corrected chi connectivity index (χ0v) is 51.2. The molecular weight excluding hydrogens is 1330 g/mol. The fourth-order valence-electron chi connectivity index (χ4n) is 13.0. The van der Waals surface area contributed by atoms with Gasteiger partial charge in [-0.05, 0) is 41.8 Å². The van der Waals surface area contributed by atoms with Crippen LogP contribution in [0.2, 0.25) is 0 Å². The van der Waals surface area contributed by atoms with Gasteiger partial charge in [0.2, 0.25) is 0 Å². The Morgan fingerprint density at radius 1 is 0.284 bits per heavy atom. The van der Waals surface area contributed by atoms with E-state index in [2.05, 4.69) is 0 Å². The first-order valence-corrected chi connectivity index (χ1v) is 33.0. The van der Waals surface area contributed by atoms with Crippen molar-refractivity contribution in [2.24, 2.45) is 5.92 Å². The van der Waals surface area contributed by atoms with Crippen LogP contribution in [-0.4, -0.2) is 369 Å². The molecule has 20 bridgehead atoms. The van der Waals surface area contributed by atoms with Crippen LogP contribution in [-0.2, 0) is 90.2 Å². The van der Waals surface area contributed by atoms with Gasteiger partial charge < -0.3 is 159 Å². The molecule has 30 heterocycles. The molecule has 16 fully saturated rings. The van der Waals surface area contributed by atoms with E-state index >= 15 is 0 Å². The van der Waals surface area contributed by atoms with Crippen molar-refractivity contribution < 1.29 is 184 Å². The van der Waals surface area contributed by atoms with Crippen LogP contribution < -0.4 is 0 Å². The van der Waals surface area contributed by atoms with E-state index < -0.39 is 297 Å². The standard InChI is InChI=1S/C55H78O38S2/c56-10-23-44-32(63)31(62)22(81-23)9-21-28-15-79-94(75,76)19-5-1-17(2-6-19)18-3-7-20(8-4-18)95(77,78)80-16-29-49(37(68)43(74)55(87-29)92-48-27(14-60)84-53(41(72)35(48)66)90-46-25(12-58)82-51(88-44)39(70)34(46)65)93-54-42(73)36(67)47(26(13-59)85-54)91-52-40(71)33(64)45(24(11-57)83-52)89-50(86-28)38(69)30(21)61/h1-8,21-74H,9-16H2/t21-,22-,23?,24?,25?,26?,27?,28?,29?,30?,31?,32?,33?,34?,35?,36?,37?,38?,39?,40?,41?,42?,43?,44-,45-,46-,47-,48-,49-,50-,51-,52-,53-,54-,55-/m1/s1. The van der Waals surface area contributed by atoms with E-state index in [4.69, 9.17) is 69.9 Å². The second-order valence-electron chi connectivity index (χ2n) is 24.3. The van der Waals surface area contributed by atoms with Gasteiger partial charge in [0.1, 0.15) is 153 Å². The smallest absolute Gasteiger partial charge is 0.297 e. The molecule has 0 spiro atoms. The quantitative estimate of drug-likeness (QED) is 0.124. The maximum atomic E-state index is 14.1. The zero-order valence-electron chi connectivity index (χ0n) is 49.6. The summed E-state index contributed by atoms with van der Waals surface area (Å²) in [5.74, 6) is -1.65. The topological polar surface area (TPSA) is 591 Å². The lowest BCUT2D eigenvalue weighted by atomic mass is 9.81. The van der Waals surface area contributed by atoms with Gasteiger partial charge in [-0.25, -0.2) is 0 Å².